The maximum absolute atomic E-state index is 10.7. The van der Waals surface area contributed by atoms with Crippen molar-refractivity contribution < 1.29 is 14.6 Å². The van der Waals surface area contributed by atoms with Crippen LogP contribution in [-0.2, 0) is 9.47 Å². The quantitative estimate of drug-likeness (QED) is 0.781. The number of hydrogen-bond acceptors (Lipinski definition) is 3. The van der Waals surface area contributed by atoms with Crippen molar-refractivity contribution in [3.63, 3.8) is 0 Å². The molecule has 0 spiro atoms. The number of ether oxygens (including phenoxy) is 2. The zero-order valence-electron chi connectivity index (χ0n) is 17.5. The summed E-state index contributed by atoms with van der Waals surface area (Å²) in [6.07, 6.45) is 10.3. The van der Waals surface area contributed by atoms with Gasteiger partial charge in [-0.3, -0.25) is 0 Å². The molecule has 0 amide bonds. The molecule has 26 heavy (non-hydrogen) atoms. The van der Waals surface area contributed by atoms with E-state index in [1.807, 2.05) is 7.11 Å². The lowest BCUT2D eigenvalue weighted by molar-refractivity contribution is -0.183. The Labute approximate surface area is 160 Å². The molecule has 0 aromatic rings. The number of aliphatic hydroxyl groups is 1. The highest BCUT2D eigenvalue weighted by atomic mass is 16.5. The molecular formula is C23H40O3. The van der Waals surface area contributed by atoms with Crippen LogP contribution in [0, 0.1) is 34.5 Å². The molecule has 4 aliphatic carbocycles. The normalized spacial score (nSPS) is 53.9. The van der Waals surface area contributed by atoms with Gasteiger partial charge in [0.05, 0.1) is 24.4 Å². The van der Waals surface area contributed by atoms with Crippen molar-refractivity contribution in [2.24, 2.45) is 34.5 Å². The number of methoxy groups -OCH3 is 1. The molecule has 4 rings (SSSR count). The Hall–Kier alpha value is -0.120. The molecule has 0 radical (unpaired) electrons. The summed E-state index contributed by atoms with van der Waals surface area (Å²) in [6, 6.07) is 0. The summed E-state index contributed by atoms with van der Waals surface area (Å²) in [5, 5.41) is 10.7. The van der Waals surface area contributed by atoms with Gasteiger partial charge >= 0.3 is 0 Å². The highest BCUT2D eigenvalue weighted by Gasteiger charge is 2.61. The van der Waals surface area contributed by atoms with Gasteiger partial charge < -0.3 is 14.6 Å². The molecule has 0 saturated heterocycles. The van der Waals surface area contributed by atoms with Gasteiger partial charge in [-0.1, -0.05) is 13.8 Å². The number of fused-ring (bicyclic) bond motifs is 5. The lowest BCUT2D eigenvalue weighted by atomic mass is 9.45. The first-order valence-corrected chi connectivity index (χ1v) is 11.2. The lowest BCUT2D eigenvalue weighted by Gasteiger charge is -2.61. The summed E-state index contributed by atoms with van der Waals surface area (Å²) in [5.74, 6) is 3.17. The van der Waals surface area contributed by atoms with Crippen molar-refractivity contribution in [3.05, 3.63) is 0 Å². The summed E-state index contributed by atoms with van der Waals surface area (Å²) in [7, 11) is 1.92. The zero-order valence-corrected chi connectivity index (χ0v) is 17.5. The van der Waals surface area contributed by atoms with Gasteiger partial charge in [0.25, 0.3) is 0 Å². The van der Waals surface area contributed by atoms with E-state index in [2.05, 4.69) is 27.7 Å². The van der Waals surface area contributed by atoms with Crippen LogP contribution < -0.4 is 0 Å². The molecular weight excluding hydrogens is 324 g/mol. The molecule has 9 atom stereocenters. The third-order valence-corrected chi connectivity index (χ3v) is 9.31. The fourth-order valence-corrected chi connectivity index (χ4v) is 8.08. The van der Waals surface area contributed by atoms with Gasteiger partial charge in [-0.05, 0) is 99.7 Å². The lowest BCUT2D eigenvalue weighted by Crippen LogP contribution is -2.57. The zero-order chi connectivity index (χ0) is 18.7. The second-order valence-corrected chi connectivity index (χ2v) is 10.7. The first kappa shape index (κ1) is 19.2. The minimum Gasteiger partial charge on any atom is -0.390 e. The van der Waals surface area contributed by atoms with Crippen molar-refractivity contribution in [1.82, 2.24) is 0 Å². The van der Waals surface area contributed by atoms with Crippen molar-refractivity contribution in [1.29, 1.82) is 0 Å². The fraction of sp³-hybridized carbons (Fsp3) is 1.00. The standard InChI is InChI=1S/C23H40O3/c1-14(2)26-20-13-23(4)15(12-19(20)24)6-7-16-17-8-9-21(25-5)22(17,3)11-10-18(16)23/h14-21,24H,6-13H2,1-5H3/t15-,16-,17-,18-,19-,20-,21-,22-,23-/m0/s1. The summed E-state index contributed by atoms with van der Waals surface area (Å²) in [6.45, 7) is 9.25. The highest BCUT2D eigenvalue weighted by molar-refractivity contribution is 5.10. The van der Waals surface area contributed by atoms with E-state index in [9.17, 15) is 5.11 Å². The second kappa shape index (κ2) is 6.74. The monoisotopic (exact) mass is 364 g/mol. The Morgan fingerprint density at radius 2 is 1.69 bits per heavy atom. The maximum Gasteiger partial charge on any atom is 0.0842 e. The van der Waals surface area contributed by atoms with Crippen LogP contribution in [0.4, 0.5) is 0 Å². The molecule has 4 saturated carbocycles. The van der Waals surface area contributed by atoms with Gasteiger partial charge in [-0.2, -0.15) is 0 Å². The van der Waals surface area contributed by atoms with E-state index >= 15 is 0 Å². The average Bonchev–Trinajstić information content (AvgIpc) is 2.92. The average molecular weight is 365 g/mol. The van der Waals surface area contributed by atoms with Crippen LogP contribution >= 0.6 is 0 Å². The Bertz CT molecular complexity index is 520. The molecule has 150 valence electrons. The van der Waals surface area contributed by atoms with Gasteiger partial charge in [-0.15, -0.1) is 0 Å². The molecule has 0 aromatic heterocycles. The number of rotatable bonds is 3. The van der Waals surface area contributed by atoms with E-state index in [0.29, 0.717) is 22.9 Å². The van der Waals surface area contributed by atoms with Crippen molar-refractivity contribution in [2.45, 2.75) is 103 Å². The summed E-state index contributed by atoms with van der Waals surface area (Å²) in [5.41, 5.74) is 0.731. The van der Waals surface area contributed by atoms with Crippen molar-refractivity contribution in [2.75, 3.05) is 7.11 Å². The van der Waals surface area contributed by atoms with Gasteiger partial charge in [0.15, 0.2) is 0 Å². The smallest absolute Gasteiger partial charge is 0.0842 e. The molecule has 0 aromatic carbocycles. The minimum absolute atomic E-state index is 0.0265. The van der Waals surface area contributed by atoms with E-state index in [1.54, 1.807) is 0 Å². The Morgan fingerprint density at radius 1 is 0.962 bits per heavy atom. The van der Waals surface area contributed by atoms with Crippen LogP contribution in [-0.4, -0.2) is 36.6 Å². The van der Waals surface area contributed by atoms with Crippen molar-refractivity contribution in [3.8, 4) is 0 Å². The number of hydrogen-bond donors (Lipinski definition) is 1. The SMILES string of the molecule is CO[C@H]1CC[C@H]2[C@@H]3CC[C@H]4C[C@H](O)[C@@H](OC(C)C)C[C@]4(C)[C@H]3CC[C@]12C. The molecule has 0 bridgehead atoms. The van der Waals surface area contributed by atoms with Gasteiger partial charge in [-0.25, -0.2) is 0 Å². The van der Waals surface area contributed by atoms with Crippen molar-refractivity contribution >= 4 is 0 Å². The Morgan fingerprint density at radius 3 is 2.38 bits per heavy atom. The molecule has 3 nitrogen and oxygen atoms in total. The maximum atomic E-state index is 10.7. The van der Waals surface area contributed by atoms with E-state index in [4.69, 9.17) is 9.47 Å². The number of aliphatic hydroxyl groups excluding tert-OH is 1. The Balaban J connectivity index is 1.58. The molecule has 0 unspecified atom stereocenters. The summed E-state index contributed by atoms with van der Waals surface area (Å²) < 4.78 is 12.1. The van der Waals surface area contributed by atoms with E-state index in [-0.39, 0.29) is 18.3 Å². The molecule has 1 N–H and O–H groups in total. The third-order valence-electron chi connectivity index (χ3n) is 9.31. The van der Waals surface area contributed by atoms with E-state index < -0.39 is 0 Å². The van der Waals surface area contributed by atoms with Gasteiger partial charge in [0, 0.05) is 7.11 Å². The second-order valence-electron chi connectivity index (χ2n) is 10.7. The summed E-state index contributed by atoms with van der Waals surface area (Å²) in [4.78, 5) is 0. The molecule has 4 fully saturated rings. The molecule has 4 aliphatic rings. The van der Waals surface area contributed by atoms with E-state index in [1.165, 1.54) is 38.5 Å². The first-order valence-electron chi connectivity index (χ1n) is 11.2. The predicted octanol–water partition coefficient (Wildman–Crippen LogP) is 4.81. The highest BCUT2D eigenvalue weighted by Crippen LogP contribution is 2.66. The fourth-order valence-electron chi connectivity index (χ4n) is 8.08. The minimum atomic E-state index is -0.273. The molecule has 0 aliphatic heterocycles. The van der Waals surface area contributed by atoms with Crippen LogP contribution in [0.1, 0.15) is 79.1 Å². The topological polar surface area (TPSA) is 38.7 Å². The van der Waals surface area contributed by atoms with Crippen LogP contribution in [0.25, 0.3) is 0 Å². The van der Waals surface area contributed by atoms with Crippen LogP contribution in [0.15, 0.2) is 0 Å². The summed E-state index contributed by atoms with van der Waals surface area (Å²) >= 11 is 0. The van der Waals surface area contributed by atoms with E-state index in [0.717, 1.165) is 30.6 Å². The Kier molecular flexibility index (Phi) is 4.98. The van der Waals surface area contributed by atoms with Crippen LogP contribution in [0.2, 0.25) is 0 Å². The van der Waals surface area contributed by atoms with Crippen LogP contribution in [0.5, 0.6) is 0 Å². The molecule has 3 heteroatoms. The van der Waals surface area contributed by atoms with Gasteiger partial charge in [0.2, 0.25) is 0 Å². The predicted molar refractivity (Wildman–Crippen MR) is 104 cm³/mol. The first-order chi connectivity index (χ1) is 12.3. The largest absolute Gasteiger partial charge is 0.390 e. The third kappa shape index (κ3) is 2.79. The van der Waals surface area contributed by atoms with Gasteiger partial charge in [0.1, 0.15) is 0 Å². The van der Waals surface area contributed by atoms with Crippen LogP contribution in [0.3, 0.4) is 0 Å². The molecule has 0 heterocycles.